The van der Waals surface area contributed by atoms with Crippen molar-refractivity contribution in [2.75, 3.05) is 13.2 Å². The molecule has 6 nitrogen and oxygen atoms in total. The number of carbonyl (C=O) groups is 3. The number of rotatable bonds is 53. The summed E-state index contributed by atoms with van der Waals surface area (Å²) in [7, 11) is 0. The van der Waals surface area contributed by atoms with Gasteiger partial charge in [-0.1, -0.05) is 249 Å². The summed E-state index contributed by atoms with van der Waals surface area (Å²) in [6.07, 6.45) is 68.1. The van der Waals surface area contributed by atoms with Gasteiger partial charge < -0.3 is 14.2 Å². The summed E-state index contributed by atoms with van der Waals surface area (Å²) in [6, 6.07) is 0. The van der Waals surface area contributed by atoms with Crippen molar-refractivity contribution in [3.05, 3.63) is 48.6 Å². The lowest BCUT2D eigenvalue weighted by Crippen LogP contribution is -2.30. The molecule has 0 aromatic rings. The number of unbranched alkanes of at least 4 members (excludes halogenated alkanes) is 34. The second-order valence-corrected chi connectivity index (χ2v) is 19.6. The minimum Gasteiger partial charge on any atom is -0.462 e. The van der Waals surface area contributed by atoms with Crippen molar-refractivity contribution in [2.45, 2.75) is 309 Å². The van der Waals surface area contributed by atoms with Gasteiger partial charge in [-0.05, 0) is 83.5 Å². The van der Waals surface area contributed by atoms with E-state index in [1.165, 1.54) is 186 Å². The van der Waals surface area contributed by atoms with Crippen LogP contribution < -0.4 is 0 Å². The van der Waals surface area contributed by atoms with E-state index >= 15 is 0 Å². The van der Waals surface area contributed by atoms with Gasteiger partial charge in [0.15, 0.2) is 6.10 Å². The summed E-state index contributed by atoms with van der Waals surface area (Å²) in [4.78, 5) is 38.2. The Bertz CT molecular complexity index is 1170. The van der Waals surface area contributed by atoms with E-state index in [2.05, 4.69) is 69.4 Å². The number of carbonyl (C=O) groups excluding carboxylic acids is 3. The van der Waals surface area contributed by atoms with Crippen LogP contribution in [0.15, 0.2) is 48.6 Å². The van der Waals surface area contributed by atoms with Crippen LogP contribution in [0, 0.1) is 0 Å². The first-order valence-corrected chi connectivity index (χ1v) is 29.1. The normalized spacial score (nSPS) is 12.3. The lowest BCUT2D eigenvalue weighted by Gasteiger charge is -2.18. The van der Waals surface area contributed by atoms with Crippen molar-refractivity contribution >= 4 is 17.9 Å². The number of esters is 3. The van der Waals surface area contributed by atoms with E-state index in [-0.39, 0.29) is 31.1 Å². The van der Waals surface area contributed by atoms with Gasteiger partial charge in [-0.3, -0.25) is 14.4 Å². The van der Waals surface area contributed by atoms with E-state index in [0.29, 0.717) is 19.3 Å². The Kier molecular flexibility index (Phi) is 53.8. The molecule has 67 heavy (non-hydrogen) atoms. The summed E-state index contributed by atoms with van der Waals surface area (Å²) in [6.45, 7) is 6.61. The van der Waals surface area contributed by atoms with Gasteiger partial charge in [-0.15, -0.1) is 0 Å². The fourth-order valence-electron chi connectivity index (χ4n) is 8.39. The molecule has 0 saturated carbocycles. The van der Waals surface area contributed by atoms with Crippen molar-refractivity contribution in [1.29, 1.82) is 0 Å². The second-order valence-electron chi connectivity index (χ2n) is 19.6. The van der Waals surface area contributed by atoms with Crippen molar-refractivity contribution < 1.29 is 28.6 Å². The molecule has 0 aliphatic heterocycles. The third kappa shape index (κ3) is 54.2. The number of hydrogen-bond acceptors (Lipinski definition) is 6. The molecule has 0 bridgehead atoms. The van der Waals surface area contributed by atoms with Crippen LogP contribution in [-0.2, 0) is 28.6 Å². The molecule has 0 fully saturated rings. The Morgan fingerprint density at radius 2 is 0.537 bits per heavy atom. The largest absolute Gasteiger partial charge is 0.462 e. The Morgan fingerprint density at radius 1 is 0.299 bits per heavy atom. The van der Waals surface area contributed by atoms with Gasteiger partial charge >= 0.3 is 17.9 Å². The molecule has 1 atom stereocenters. The number of allylic oxidation sites excluding steroid dienone is 8. The molecule has 6 heteroatoms. The first-order chi connectivity index (χ1) is 33.0. The molecule has 0 spiro atoms. The molecule has 0 aromatic heterocycles. The van der Waals surface area contributed by atoms with Crippen LogP contribution in [0.2, 0.25) is 0 Å². The molecular formula is C61H110O6. The predicted molar refractivity (Wildman–Crippen MR) is 289 cm³/mol. The molecular weight excluding hydrogens is 829 g/mol. The highest BCUT2D eigenvalue weighted by Crippen LogP contribution is 2.16. The molecule has 0 saturated heterocycles. The van der Waals surface area contributed by atoms with Crippen LogP contribution in [0.4, 0.5) is 0 Å². The van der Waals surface area contributed by atoms with Gasteiger partial charge in [0.25, 0.3) is 0 Å². The molecule has 0 unspecified atom stereocenters. The van der Waals surface area contributed by atoms with E-state index < -0.39 is 6.10 Å². The lowest BCUT2D eigenvalue weighted by atomic mass is 10.0. The molecule has 390 valence electrons. The Balaban J connectivity index is 4.34. The number of ether oxygens (including phenoxy) is 3. The lowest BCUT2D eigenvalue weighted by molar-refractivity contribution is -0.167. The highest BCUT2D eigenvalue weighted by molar-refractivity contribution is 5.71. The zero-order valence-corrected chi connectivity index (χ0v) is 44.7. The standard InChI is InChI=1S/C61H110O6/c1-4-7-10-13-16-19-22-25-27-29-30-32-34-37-39-42-45-48-51-54-60(63)66-57-58(67-61(64)55-52-49-46-43-40-35-24-21-18-15-12-9-6-3)56-65-59(62)53-50-47-44-41-38-36-33-31-28-26-23-20-17-14-11-8-5-2/h16-17,19-20,25-28,58H,4-15,18,21-24,29-57H2,1-3H3/b19-16-,20-17-,27-25-,28-26-/t58-/m0/s1. The van der Waals surface area contributed by atoms with Crippen molar-refractivity contribution in [2.24, 2.45) is 0 Å². The van der Waals surface area contributed by atoms with E-state index in [0.717, 1.165) is 77.0 Å². The fourth-order valence-corrected chi connectivity index (χ4v) is 8.39. The minimum atomic E-state index is -0.775. The van der Waals surface area contributed by atoms with Crippen LogP contribution in [0.1, 0.15) is 303 Å². The first kappa shape index (κ1) is 64.4. The summed E-state index contributed by atoms with van der Waals surface area (Å²) >= 11 is 0. The maximum absolute atomic E-state index is 12.8. The van der Waals surface area contributed by atoms with Gasteiger partial charge in [0.1, 0.15) is 13.2 Å². The van der Waals surface area contributed by atoms with Crippen molar-refractivity contribution in [1.82, 2.24) is 0 Å². The molecule has 0 aliphatic rings. The van der Waals surface area contributed by atoms with Crippen LogP contribution in [0.5, 0.6) is 0 Å². The predicted octanol–water partition coefficient (Wildman–Crippen LogP) is 19.4. The highest BCUT2D eigenvalue weighted by Gasteiger charge is 2.19. The highest BCUT2D eigenvalue weighted by atomic mass is 16.6. The third-order valence-corrected chi connectivity index (χ3v) is 12.8. The van der Waals surface area contributed by atoms with Gasteiger partial charge in [0.05, 0.1) is 0 Å². The van der Waals surface area contributed by atoms with Crippen molar-refractivity contribution in [3.8, 4) is 0 Å². The second kappa shape index (κ2) is 56.0. The molecule has 0 radical (unpaired) electrons. The van der Waals surface area contributed by atoms with Gasteiger partial charge in [0.2, 0.25) is 0 Å². The summed E-state index contributed by atoms with van der Waals surface area (Å²) in [5.41, 5.74) is 0. The topological polar surface area (TPSA) is 78.9 Å². The quantitative estimate of drug-likeness (QED) is 0.0262. The van der Waals surface area contributed by atoms with Crippen LogP contribution in [0.3, 0.4) is 0 Å². The summed E-state index contributed by atoms with van der Waals surface area (Å²) in [5.74, 6) is -0.872. The molecule has 0 N–H and O–H groups in total. The smallest absolute Gasteiger partial charge is 0.306 e. The Hall–Kier alpha value is -2.63. The van der Waals surface area contributed by atoms with E-state index in [1.807, 2.05) is 0 Å². The fraction of sp³-hybridized carbons (Fsp3) is 0.820. The third-order valence-electron chi connectivity index (χ3n) is 12.8. The first-order valence-electron chi connectivity index (χ1n) is 29.1. The van der Waals surface area contributed by atoms with Gasteiger partial charge in [0, 0.05) is 19.3 Å². The number of hydrogen-bond donors (Lipinski definition) is 0. The molecule has 0 aromatic carbocycles. The molecule has 0 aliphatic carbocycles. The van der Waals surface area contributed by atoms with Crippen LogP contribution in [0.25, 0.3) is 0 Å². The van der Waals surface area contributed by atoms with E-state index in [1.54, 1.807) is 0 Å². The van der Waals surface area contributed by atoms with Gasteiger partial charge in [-0.25, -0.2) is 0 Å². The molecule has 0 amide bonds. The van der Waals surface area contributed by atoms with E-state index in [4.69, 9.17) is 14.2 Å². The SMILES string of the molecule is CCCCC/C=C\C/C=C\CCCCCCCCCCCC(=O)OC[C@H](COC(=O)CCCCCCCCC/C=C\C/C=C\CCCCC)OC(=O)CCCCCCCCCCCCCCC. The molecule has 0 rings (SSSR count). The zero-order valence-electron chi connectivity index (χ0n) is 44.7. The van der Waals surface area contributed by atoms with Crippen LogP contribution >= 0.6 is 0 Å². The average molecular weight is 940 g/mol. The maximum atomic E-state index is 12.8. The van der Waals surface area contributed by atoms with E-state index in [9.17, 15) is 14.4 Å². The Labute approximate surface area is 416 Å². The summed E-state index contributed by atoms with van der Waals surface area (Å²) < 4.78 is 16.9. The van der Waals surface area contributed by atoms with Crippen LogP contribution in [-0.4, -0.2) is 37.2 Å². The Morgan fingerprint density at radius 3 is 0.851 bits per heavy atom. The monoisotopic (exact) mass is 939 g/mol. The zero-order chi connectivity index (χ0) is 48.6. The molecule has 0 heterocycles. The minimum absolute atomic E-state index is 0.0750. The average Bonchev–Trinajstić information content (AvgIpc) is 3.33. The van der Waals surface area contributed by atoms with Gasteiger partial charge in [-0.2, -0.15) is 0 Å². The maximum Gasteiger partial charge on any atom is 0.306 e. The van der Waals surface area contributed by atoms with Crippen molar-refractivity contribution in [3.63, 3.8) is 0 Å². The summed E-state index contributed by atoms with van der Waals surface area (Å²) in [5, 5.41) is 0.